The minimum atomic E-state index is -0.150. The number of rotatable bonds is 6. The summed E-state index contributed by atoms with van der Waals surface area (Å²) in [7, 11) is 1.93. The highest BCUT2D eigenvalue weighted by atomic mass is 32.1. The van der Waals surface area contributed by atoms with E-state index in [1.54, 1.807) is 11.3 Å². The predicted molar refractivity (Wildman–Crippen MR) is 147 cm³/mol. The van der Waals surface area contributed by atoms with Crippen molar-refractivity contribution in [3.63, 3.8) is 0 Å². The number of piperazine rings is 1. The van der Waals surface area contributed by atoms with Crippen molar-refractivity contribution < 1.29 is 4.79 Å². The van der Waals surface area contributed by atoms with Gasteiger partial charge in [0.2, 0.25) is 0 Å². The van der Waals surface area contributed by atoms with Crippen LogP contribution in [-0.2, 0) is 7.05 Å². The van der Waals surface area contributed by atoms with Gasteiger partial charge in [0.05, 0.1) is 12.2 Å². The summed E-state index contributed by atoms with van der Waals surface area (Å²) in [5.41, 5.74) is 7.25. The number of aromatic nitrogens is 2. The van der Waals surface area contributed by atoms with Gasteiger partial charge in [0.15, 0.2) is 0 Å². The Morgan fingerprint density at radius 2 is 1.89 bits per heavy atom. The van der Waals surface area contributed by atoms with Gasteiger partial charge < -0.3 is 15.5 Å². The van der Waals surface area contributed by atoms with Crippen LogP contribution in [0.5, 0.6) is 0 Å². The lowest BCUT2D eigenvalue weighted by Crippen LogP contribution is -2.67. The Hall–Kier alpha value is -3.42. The van der Waals surface area contributed by atoms with Gasteiger partial charge in [-0.3, -0.25) is 9.48 Å². The molecule has 7 rings (SSSR count). The van der Waals surface area contributed by atoms with E-state index in [9.17, 15) is 4.79 Å². The molecule has 0 saturated carbocycles. The second-order valence-corrected chi connectivity index (χ2v) is 11.1. The SMILES string of the molecule is Cc1ccc(N2CC3CC(C2)N3)cc1C(=O)NC(C)c1cc(-c2cnn(C)c2)cc(-c2cccs2)c1. The zero-order valence-corrected chi connectivity index (χ0v) is 21.7. The molecule has 3 saturated heterocycles. The number of carbonyl (C=O) groups excluding carboxylic acids is 1. The van der Waals surface area contributed by atoms with Gasteiger partial charge in [-0.25, -0.2) is 0 Å². The maximum atomic E-state index is 13.5. The molecule has 0 spiro atoms. The first-order valence-corrected chi connectivity index (χ1v) is 13.4. The predicted octanol–water partition coefficient (Wildman–Crippen LogP) is 5.17. The van der Waals surface area contributed by atoms with Crippen molar-refractivity contribution in [3.8, 4) is 21.6 Å². The van der Waals surface area contributed by atoms with Crippen LogP contribution in [0, 0.1) is 6.92 Å². The van der Waals surface area contributed by atoms with E-state index in [0.717, 1.165) is 52.2 Å². The summed E-state index contributed by atoms with van der Waals surface area (Å²) in [4.78, 5) is 17.1. The van der Waals surface area contributed by atoms with E-state index in [0.29, 0.717) is 12.1 Å². The van der Waals surface area contributed by atoms with Crippen LogP contribution in [0.1, 0.15) is 40.9 Å². The highest BCUT2D eigenvalue weighted by Gasteiger charge is 2.36. The third-order valence-electron chi connectivity index (χ3n) is 7.40. The number of fused-ring (bicyclic) bond motifs is 2. The summed E-state index contributed by atoms with van der Waals surface area (Å²) in [6.45, 7) is 6.07. The molecule has 2 aromatic heterocycles. The molecule has 184 valence electrons. The summed E-state index contributed by atoms with van der Waals surface area (Å²) in [6, 6.07) is 18.0. The van der Waals surface area contributed by atoms with Crippen LogP contribution in [0.15, 0.2) is 66.3 Å². The Labute approximate surface area is 216 Å². The fourth-order valence-electron chi connectivity index (χ4n) is 5.36. The molecule has 0 radical (unpaired) electrons. The minimum Gasteiger partial charge on any atom is -0.368 e. The lowest BCUT2D eigenvalue weighted by molar-refractivity contribution is 0.0939. The quantitative estimate of drug-likeness (QED) is 0.386. The standard InChI is InChI=1S/C29H31N5OS/c1-18-6-7-26(34-16-24-12-25(17-34)32-24)13-27(18)29(35)31-19(2)20-9-21(23-14-30-33(3)15-23)11-22(10-20)28-5-4-8-36-28/h4-11,13-15,19,24-25,32H,12,16-17H2,1-3H3,(H,31,35). The molecule has 4 aromatic rings. The van der Waals surface area contributed by atoms with Gasteiger partial charge in [-0.05, 0) is 84.3 Å². The van der Waals surface area contributed by atoms with Gasteiger partial charge in [0.1, 0.15) is 0 Å². The molecule has 5 heterocycles. The van der Waals surface area contributed by atoms with Gasteiger partial charge in [-0.2, -0.15) is 5.10 Å². The summed E-state index contributed by atoms with van der Waals surface area (Å²) >= 11 is 1.72. The molecule has 3 aliphatic heterocycles. The van der Waals surface area contributed by atoms with Gasteiger partial charge in [-0.1, -0.05) is 12.1 Å². The Balaban J connectivity index is 1.27. The van der Waals surface area contributed by atoms with Gasteiger partial charge in [0.25, 0.3) is 5.91 Å². The van der Waals surface area contributed by atoms with Crippen molar-refractivity contribution in [1.29, 1.82) is 0 Å². The van der Waals surface area contributed by atoms with E-state index >= 15 is 0 Å². The monoisotopic (exact) mass is 497 g/mol. The zero-order chi connectivity index (χ0) is 24.8. The van der Waals surface area contributed by atoms with E-state index in [4.69, 9.17) is 0 Å². The highest BCUT2D eigenvalue weighted by Crippen LogP contribution is 2.33. The van der Waals surface area contributed by atoms with E-state index in [2.05, 4.69) is 81.5 Å². The van der Waals surface area contributed by atoms with Crippen molar-refractivity contribution in [2.45, 2.75) is 38.4 Å². The topological polar surface area (TPSA) is 62.2 Å². The lowest BCUT2D eigenvalue weighted by Gasteiger charge is -2.49. The number of hydrogen-bond acceptors (Lipinski definition) is 5. The Kier molecular flexibility index (Phi) is 5.90. The van der Waals surface area contributed by atoms with Crippen LogP contribution in [0.25, 0.3) is 21.6 Å². The molecule has 0 aliphatic carbocycles. The first-order valence-electron chi connectivity index (χ1n) is 12.5. The number of nitrogens with zero attached hydrogens (tertiary/aromatic N) is 3. The summed E-state index contributed by atoms with van der Waals surface area (Å²) in [6.07, 6.45) is 5.17. The number of anilines is 1. The molecule has 3 atom stereocenters. The van der Waals surface area contributed by atoms with Gasteiger partial charge in [-0.15, -0.1) is 11.3 Å². The van der Waals surface area contributed by atoms with E-state index < -0.39 is 0 Å². The van der Waals surface area contributed by atoms with Crippen molar-refractivity contribution in [2.75, 3.05) is 18.0 Å². The third-order valence-corrected chi connectivity index (χ3v) is 8.32. The molecule has 1 amide bonds. The molecule has 2 bridgehead atoms. The average Bonchev–Trinajstić information content (AvgIpc) is 3.56. The number of thiophene rings is 1. The van der Waals surface area contributed by atoms with Gasteiger partial charge >= 0.3 is 0 Å². The van der Waals surface area contributed by atoms with Crippen LogP contribution in [0.2, 0.25) is 0 Å². The maximum Gasteiger partial charge on any atom is 0.252 e. The van der Waals surface area contributed by atoms with Crippen LogP contribution >= 0.6 is 11.3 Å². The van der Waals surface area contributed by atoms with Crippen LogP contribution in [0.4, 0.5) is 5.69 Å². The van der Waals surface area contributed by atoms with Crippen molar-refractivity contribution in [3.05, 3.63) is 83.0 Å². The lowest BCUT2D eigenvalue weighted by atomic mass is 9.90. The Morgan fingerprint density at radius 3 is 2.58 bits per heavy atom. The smallest absolute Gasteiger partial charge is 0.252 e. The second kappa shape index (κ2) is 9.22. The molecular formula is C29H31N5OS. The number of carbonyl (C=O) groups is 1. The average molecular weight is 498 g/mol. The summed E-state index contributed by atoms with van der Waals surface area (Å²) < 4.78 is 1.82. The maximum absolute atomic E-state index is 13.5. The molecule has 3 unspecified atom stereocenters. The summed E-state index contributed by atoms with van der Waals surface area (Å²) in [5, 5.41) is 13.3. The largest absolute Gasteiger partial charge is 0.368 e. The number of benzene rings is 2. The second-order valence-electron chi connectivity index (χ2n) is 10.1. The van der Waals surface area contributed by atoms with E-state index in [1.807, 2.05) is 31.0 Å². The Bertz CT molecular complexity index is 1390. The van der Waals surface area contributed by atoms with Crippen LogP contribution < -0.4 is 15.5 Å². The molecule has 2 N–H and O–H groups in total. The van der Waals surface area contributed by atoms with Gasteiger partial charge in [0, 0.05) is 60.1 Å². The zero-order valence-electron chi connectivity index (χ0n) is 20.9. The number of piperidine rings is 1. The number of hydrogen-bond donors (Lipinski definition) is 2. The minimum absolute atomic E-state index is 0.0356. The van der Waals surface area contributed by atoms with Crippen LogP contribution in [-0.4, -0.2) is 40.9 Å². The molecule has 6 nitrogen and oxygen atoms in total. The normalized spacial score (nSPS) is 19.6. The molecule has 36 heavy (non-hydrogen) atoms. The molecule has 7 heteroatoms. The molecular weight excluding hydrogens is 466 g/mol. The molecule has 2 aromatic carbocycles. The number of nitrogens with one attached hydrogen (secondary N) is 2. The fraction of sp³-hybridized carbons (Fsp3) is 0.310. The van der Waals surface area contributed by atoms with Crippen LogP contribution in [0.3, 0.4) is 0 Å². The van der Waals surface area contributed by atoms with Crippen molar-refractivity contribution >= 4 is 22.9 Å². The molecule has 3 aliphatic rings. The fourth-order valence-corrected chi connectivity index (χ4v) is 6.07. The van der Waals surface area contributed by atoms with E-state index in [1.165, 1.54) is 11.3 Å². The van der Waals surface area contributed by atoms with Crippen molar-refractivity contribution in [1.82, 2.24) is 20.4 Å². The summed E-state index contributed by atoms with van der Waals surface area (Å²) in [5.74, 6) is -0.0356. The number of aryl methyl sites for hydroxylation is 2. The number of amides is 1. The first-order chi connectivity index (χ1) is 17.4. The highest BCUT2D eigenvalue weighted by molar-refractivity contribution is 7.13. The third kappa shape index (κ3) is 4.45. The Morgan fingerprint density at radius 1 is 1.11 bits per heavy atom. The van der Waals surface area contributed by atoms with Crippen molar-refractivity contribution in [2.24, 2.45) is 7.05 Å². The first kappa shape index (κ1) is 23.0. The molecule has 3 fully saturated rings. The van der Waals surface area contributed by atoms with E-state index in [-0.39, 0.29) is 11.9 Å².